The highest BCUT2D eigenvalue weighted by atomic mass is 16.6. The molecule has 154 valence electrons. The van der Waals surface area contributed by atoms with Gasteiger partial charge in [0.1, 0.15) is 5.60 Å². The molecule has 0 aliphatic carbocycles. The first-order valence-corrected chi connectivity index (χ1v) is 10.6. The Morgan fingerprint density at radius 1 is 0.897 bits per heavy atom. The van der Waals surface area contributed by atoms with Crippen molar-refractivity contribution in [2.75, 3.05) is 26.2 Å². The van der Waals surface area contributed by atoms with Crippen LogP contribution in [0.25, 0.3) is 0 Å². The number of hydrogen-bond donors (Lipinski definition) is 0. The third-order valence-corrected chi connectivity index (χ3v) is 6.05. The number of nitrogens with zero attached hydrogens (tertiary/aromatic N) is 2. The summed E-state index contributed by atoms with van der Waals surface area (Å²) in [6.45, 7) is 11.1. The van der Waals surface area contributed by atoms with E-state index in [9.17, 15) is 4.79 Å². The molecule has 0 amide bonds. The Morgan fingerprint density at radius 2 is 1.34 bits per heavy atom. The van der Waals surface area contributed by atoms with E-state index in [0.29, 0.717) is 5.92 Å². The predicted molar refractivity (Wildman–Crippen MR) is 115 cm³/mol. The maximum atomic E-state index is 13.4. The van der Waals surface area contributed by atoms with E-state index in [1.54, 1.807) is 0 Å². The summed E-state index contributed by atoms with van der Waals surface area (Å²) in [6, 6.07) is 21.1. The molecule has 0 aromatic heterocycles. The minimum absolute atomic E-state index is 0.0267. The molecular formula is C25H32N2O2. The molecule has 0 radical (unpaired) electrons. The first-order valence-electron chi connectivity index (χ1n) is 10.6. The van der Waals surface area contributed by atoms with Crippen LogP contribution in [0.15, 0.2) is 60.7 Å². The van der Waals surface area contributed by atoms with Crippen LogP contribution in [-0.2, 0) is 22.6 Å². The number of carbonyl (C=O) groups is 1. The van der Waals surface area contributed by atoms with Crippen LogP contribution in [-0.4, -0.2) is 47.5 Å². The van der Waals surface area contributed by atoms with Crippen LogP contribution >= 0.6 is 0 Å². The van der Waals surface area contributed by atoms with Gasteiger partial charge in [-0.1, -0.05) is 60.7 Å². The second kappa shape index (κ2) is 7.92. The fourth-order valence-corrected chi connectivity index (χ4v) is 4.87. The van der Waals surface area contributed by atoms with Gasteiger partial charge in [0.05, 0.1) is 5.41 Å². The van der Waals surface area contributed by atoms with E-state index in [4.69, 9.17) is 4.74 Å². The van der Waals surface area contributed by atoms with E-state index >= 15 is 0 Å². The zero-order valence-corrected chi connectivity index (χ0v) is 17.8. The van der Waals surface area contributed by atoms with Crippen molar-refractivity contribution in [3.63, 3.8) is 0 Å². The number of esters is 1. The number of carbonyl (C=O) groups excluding carboxylic acids is 1. The fraction of sp³-hybridized carbons (Fsp3) is 0.480. The molecule has 2 fully saturated rings. The van der Waals surface area contributed by atoms with Gasteiger partial charge in [-0.25, -0.2) is 0 Å². The number of likely N-dealkylation sites (tertiary alicyclic amines) is 2. The number of benzene rings is 2. The molecule has 2 aromatic carbocycles. The summed E-state index contributed by atoms with van der Waals surface area (Å²) in [4.78, 5) is 18.3. The fourth-order valence-electron chi connectivity index (χ4n) is 4.87. The normalized spacial score (nSPS) is 25.1. The van der Waals surface area contributed by atoms with Crippen molar-refractivity contribution in [2.24, 2.45) is 11.3 Å². The Bertz CT molecular complexity index is 775. The van der Waals surface area contributed by atoms with Gasteiger partial charge in [0.2, 0.25) is 0 Å². The summed E-state index contributed by atoms with van der Waals surface area (Å²) in [5.74, 6) is 0.283. The van der Waals surface area contributed by atoms with E-state index in [1.165, 1.54) is 11.1 Å². The molecule has 0 N–H and O–H groups in total. The van der Waals surface area contributed by atoms with Gasteiger partial charge in [0.25, 0.3) is 0 Å². The van der Waals surface area contributed by atoms with Crippen molar-refractivity contribution >= 4 is 5.97 Å². The second-order valence-corrected chi connectivity index (χ2v) is 9.67. The molecule has 0 unspecified atom stereocenters. The van der Waals surface area contributed by atoms with Crippen LogP contribution in [0.5, 0.6) is 0 Å². The standard InChI is InChI=1S/C25H32N2O2/c1-24(2,3)29-23(28)25-18-26(14-20-10-6-4-7-11-20)16-22(25)17-27(19-25)15-21-12-8-5-9-13-21/h4-13,22H,14-19H2,1-3H3. The Labute approximate surface area is 174 Å². The smallest absolute Gasteiger partial charge is 0.315 e. The molecule has 2 aliphatic rings. The molecule has 4 nitrogen and oxygen atoms in total. The summed E-state index contributed by atoms with van der Waals surface area (Å²) in [7, 11) is 0. The molecule has 0 saturated carbocycles. The molecule has 2 saturated heterocycles. The maximum absolute atomic E-state index is 13.4. The minimum atomic E-state index is -0.462. The number of ether oxygens (including phenoxy) is 1. The van der Waals surface area contributed by atoms with Crippen molar-refractivity contribution in [3.8, 4) is 0 Å². The lowest BCUT2D eigenvalue weighted by molar-refractivity contribution is -0.167. The van der Waals surface area contributed by atoms with Crippen LogP contribution in [0, 0.1) is 11.3 Å². The molecule has 4 rings (SSSR count). The molecule has 29 heavy (non-hydrogen) atoms. The summed E-state index contributed by atoms with van der Waals surface area (Å²) < 4.78 is 5.93. The molecule has 2 heterocycles. The average Bonchev–Trinajstić information content (AvgIpc) is 3.16. The van der Waals surface area contributed by atoms with Crippen LogP contribution < -0.4 is 0 Å². The monoisotopic (exact) mass is 392 g/mol. The van der Waals surface area contributed by atoms with Gasteiger partial charge in [0, 0.05) is 45.2 Å². The van der Waals surface area contributed by atoms with Crippen LogP contribution in [0.3, 0.4) is 0 Å². The van der Waals surface area contributed by atoms with Gasteiger partial charge in [-0.3, -0.25) is 14.6 Å². The minimum Gasteiger partial charge on any atom is -0.459 e. The molecule has 0 spiro atoms. The van der Waals surface area contributed by atoms with Crippen molar-refractivity contribution in [1.82, 2.24) is 9.80 Å². The highest BCUT2D eigenvalue weighted by Gasteiger charge is 2.58. The zero-order chi connectivity index (χ0) is 20.5. The van der Waals surface area contributed by atoms with Crippen molar-refractivity contribution in [1.29, 1.82) is 0 Å². The first kappa shape index (κ1) is 20.1. The Balaban J connectivity index is 1.52. The number of fused-ring (bicyclic) bond motifs is 1. The van der Waals surface area contributed by atoms with Gasteiger partial charge >= 0.3 is 5.97 Å². The van der Waals surface area contributed by atoms with Crippen LogP contribution in [0.4, 0.5) is 0 Å². The van der Waals surface area contributed by atoms with Crippen molar-refractivity contribution < 1.29 is 9.53 Å². The number of hydrogen-bond acceptors (Lipinski definition) is 4. The summed E-state index contributed by atoms with van der Waals surface area (Å²) in [5, 5.41) is 0. The third kappa shape index (κ3) is 4.54. The van der Waals surface area contributed by atoms with E-state index in [2.05, 4.69) is 58.3 Å². The topological polar surface area (TPSA) is 32.8 Å². The summed E-state index contributed by atoms with van der Waals surface area (Å²) in [6.07, 6.45) is 0. The maximum Gasteiger partial charge on any atom is 0.315 e. The molecular weight excluding hydrogens is 360 g/mol. The second-order valence-electron chi connectivity index (χ2n) is 9.67. The molecule has 4 heteroatoms. The van der Waals surface area contributed by atoms with Gasteiger partial charge in [-0.2, -0.15) is 0 Å². The Hall–Kier alpha value is -2.17. The van der Waals surface area contributed by atoms with Gasteiger partial charge in [-0.15, -0.1) is 0 Å². The quantitative estimate of drug-likeness (QED) is 0.721. The average molecular weight is 393 g/mol. The molecule has 0 atom stereocenters. The Kier molecular flexibility index (Phi) is 5.50. The number of rotatable bonds is 5. The van der Waals surface area contributed by atoms with E-state index in [0.717, 1.165) is 39.3 Å². The van der Waals surface area contributed by atoms with Gasteiger partial charge in [0.15, 0.2) is 0 Å². The van der Waals surface area contributed by atoms with Gasteiger partial charge in [-0.05, 0) is 31.9 Å². The SMILES string of the molecule is CC(C)(C)OC(=O)C12CN(Cc3ccccc3)CC1CN(Cc1ccccc1)C2. The highest BCUT2D eigenvalue weighted by Crippen LogP contribution is 2.45. The van der Waals surface area contributed by atoms with E-state index in [1.807, 2.05) is 32.9 Å². The highest BCUT2D eigenvalue weighted by molar-refractivity contribution is 5.79. The summed E-state index contributed by atoms with van der Waals surface area (Å²) in [5.41, 5.74) is 1.70. The van der Waals surface area contributed by atoms with Crippen molar-refractivity contribution in [3.05, 3.63) is 71.8 Å². The largest absolute Gasteiger partial charge is 0.459 e. The van der Waals surface area contributed by atoms with E-state index < -0.39 is 11.0 Å². The van der Waals surface area contributed by atoms with Crippen molar-refractivity contribution in [2.45, 2.75) is 39.5 Å². The summed E-state index contributed by atoms with van der Waals surface area (Å²) >= 11 is 0. The zero-order valence-electron chi connectivity index (χ0n) is 17.8. The lowest BCUT2D eigenvalue weighted by Gasteiger charge is -2.31. The third-order valence-electron chi connectivity index (χ3n) is 6.05. The lowest BCUT2D eigenvalue weighted by Crippen LogP contribution is -2.44. The van der Waals surface area contributed by atoms with E-state index in [-0.39, 0.29) is 5.97 Å². The predicted octanol–water partition coefficient (Wildman–Crippen LogP) is 3.96. The lowest BCUT2D eigenvalue weighted by atomic mass is 9.81. The first-order chi connectivity index (χ1) is 13.8. The Morgan fingerprint density at radius 3 is 1.76 bits per heavy atom. The van der Waals surface area contributed by atoms with Crippen LogP contribution in [0.2, 0.25) is 0 Å². The molecule has 0 bridgehead atoms. The molecule has 2 aliphatic heterocycles. The molecule has 2 aromatic rings. The van der Waals surface area contributed by atoms with Crippen LogP contribution in [0.1, 0.15) is 31.9 Å². The van der Waals surface area contributed by atoms with Gasteiger partial charge < -0.3 is 4.74 Å².